The first-order chi connectivity index (χ1) is 10.0. The number of halogens is 1. The summed E-state index contributed by atoms with van der Waals surface area (Å²) >= 11 is 0. The third-order valence-corrected chi connectivity index (χ3v) is 5.76. The molecule has 0 bridgehead atoms. The van der Waals surface area contributed by atoms with E-state index in [-0.39, 0.29) is 11.6 Å². The lowest BCUT2D eigenvalue weighted by molar-refractivity contribution is 0.256. The first-order valence-corrected chi connectivity index (χ1v) is 8.96. The molecule has 1 heterocycles. The van der Waals surface area contributed by atoms with Gasteiger partial charge in [-0.1, -0.05) is 24.3 Å². The van der Waals surface area contributed by atoms with Crippen LogP contribution < -0.4 is 0 Å². The Balaban J connectivity index is 1.93. The molecule has 0 unspecified atom stereocenters. The molecule has 1 aromatic carbocycles. The summed E-state index contributed by atoms with van der Waals surface area (Å²) < 4.78 is 39.3. The molecule has 1 fully saturated rings. The van der Waals surface area contributed by atoms with Gasteiger partial charge in [-0.25, -0.2) is 17.1 Å². The summed E-state index contributed by atoms with van der Waals surface area (Å²) in [5, 5.41) is 0. The maximum absolute atomic E-state index is 13.6. The maximum Gasteiger partial charge on any atom is 0.217 e. The molecule has 1 atom stereocenters. The van der Waals surface area contributed by atoms with E-state index < -0.39 is 10.0 Å². The van der Waals surface area contributed by atoms with Crippen molar-refractivity contribution in [3.05, 3.63) is 48.3 Å². The first kappa shape index (κ1) is 16.2. The molecule has 0 spiro atoms. The van der Waals surface area contributed by atoms with Crippen LogP contribution in [0.15, 0.2) is 36.9 Å². The highest BCUT2D eigenvalue weighted by molar-refractivity contribution is 7.89. The fourth-order valence-corrected chi connectivity index (χ4v) is 4.18. The zero-order valence-electron chi connectivity index (χ0n) is 12.2. The Morgan fingerprint density at radius 3 is 2.86 bits per heavy atom. The summed E-state index contributed by atoms with van der Waals surface area (Å²) in [5.41, 5.74) is 0.712. The van der Waals surface area contributed by atoms with Gasteiger partial charge in [0.15, 0.2) is 0 Å². The summed E-state index contributed by atoms with van der Waals surface area (Å²) in [6.07, 6.45) is 4.79. The number of hydrogen-bond donors (Lipinski definition) is 0. The Morgan fingerprint density at radius 1 is 1.38 bits per heavy atom. The molecule has 3 nitrogen and oxygen atoms in total. The number of nitrogens with zero attached hydrogens (tertiary/aromatic N) is 1. The Bertz CT molecular complexity index is 586. The standard InChI is InChI=1S/C16H22FNO2S/c1-2-12-21(19,20)18-11-5-6-14(13-18)9-10-15-7-3-4-8-16(15)17/h2-4,7-8,14H,1,5-6,9-13H2/t14-/m0/s1. The van der Waals surface area contributed by atoms with E-state index in [2.05, 4.69) is 6.58 Å². The normalized spacial score (nSPS) is 20.3. The lowest BCUT2D eigenvalue weighted by Gasteiger charge is -2.31. The average Bonchev–Trinajstić information content (AvgIpc) is 2.47. The predicted molar refractivity (Wildman–Crippen MR) is 83.0 cm³/mol. The monoisotopic (exact) mass is 311 g/mol. The summed E-state index contributed by atoms with van der Waals surface area (Å²) in [5.74, 6) is 0.120. The van der Waals surface area contributed by atoms with Crippen LogP contribution in [0.25, 0.3) is 0 Å². The third-order valence-electron chi connectivity index (χ3n) is 3.98. The van der Waals surface area contributed by atoms with Crippen molar-refractivity contribution in [1.29, 1.82) is 0 Å². The van der Waals surface area contributed by atoms with Crippen LogP contribution in [0.1, 0.15) is 24.8 Å². The minimum absolute atomic E-state index is 0.00691. The topological polar surface area (TPSA) is 37.4 Å². The molecule has 0 radical (unpaired) electrons. The highest BCUT2D eigenvalue weighted by atomic mass is 32.2. The van der Waals surface area contributed by atoms with Crippen molar-refractivity contribution in [3.8, 4) is 0 Å². The van der Waals surface area contributed by atoms with Gasteiger partial charge in [-0.2, -0.15) is 0 Å². The van der Waals surface area contributed by atoms with E-state index in [4.69, 9.17) is 0 Å². The second-order valence-corrected chi connectivity index (χ2v) is 7.58. The number of hydrogen-bond acceptors (Lipinski definition) is 2. The summed E-state index contributed by atoms with van der Waals surface area (Å²) in [6.45, 7) is 4.63. The number of sulfonamides is 1. The van der Waals surface area contributed by atoms with Crippen molar-refractivity contribution in [2.24, 2.45) is 5.92 Å². The molecule has 5 heteroatoms. The van der Waals surface area contributed by atoms with Crippen molar-refractivity contribution >= 4 is 10.0 Å². The van der Waals surface area contributed by atoms with Crippen LogP contribution in [0.3, 0.4) is 0 Å². The molecule has 2 rings (SSSR count). The Labute approximate surface area is 126 Å². The molecule has 1 aliphatic heterocycles. The highest BCUT2D eigenvalue weighted by Gasteiger charge is 2.27. The minimum Gasteiger partial charge on any atom is -0.212 e. The number of piperidine rings is 1. The van der Waals surface area contributed by atoms with Gasteiger partial charge in [0.05, 0.1) is 5.75 Å². The minimum atomic E-state index is -3.22. The second-order valence-electron chi connectivity index (χ2n) is 5.56. The highest BCUT2D eigenvalue weighted by Crippen LogP contribution is 2.24. The quantitative estimate of drug-likeness (QED) is 0.757. The molecule has 0 saturated carbocycles. The van der Waals surface area contributed by atoms with Crippen molar-refractivity contribution in [1.82, 2.24) is 4.31 Å². The van der Waals surface area contributed by atoms with Crippen molar-refractivity contribution < 1.29 is 12.8 Å². The molecule has 0 N–H and O–H groups in total. The smallest absolute Gasteiger partial charge is 0.212 e. The number of aryl methyl sites for hydroxylation is 1. The van der Waals surface area contributed by atoms with Gasteiger partial charge in [0, 0.05) is 13.1 Å². The Kier molecular flexibility index (Phi) is 5.53. The summed E-state index contributed by atoms with van der Waals surface area (Å²) in [4.78, 5) is 0. The predicted octanol–water partition coefficient (Wildman–Crippen LogP) is 2.99. The van der Waals surface area contributed by atoms with Gasteiger partial charge in [-0.3, -0.25) is 0 Å². The summed E-state index contributed by atoms with van der Waals surface area (Å²) in [7, 11) is -3.22. The van der Waals surface area contributed by atoms with Gasteiger partial charge >= 0.3 is 0 Å². The Morgan fingerprint density at radius 2 is 2.14 bits per heavy atom. The second kappa shape index (κ2) is 7.18. The molecular weight excluding hydrogens is 289 g/mol. The van der Waals surface area contributed by atoms with Crippen LogP contribution >= 0.6 is 0 Å². The van der Waals surface area contributed by atoms with Gasteiger partial charge in [0.2, 0.25) is 10.0 Å². The van der Waals surface area contributed by atoms with Crippen LogP contribution in [0.5, 0.6) is 0 Å². The van der Waals surface area contributed by atoms with E-state index in [0.717, 1.165) is 19.3 Å². The van der Waals surface area contributed by atoms with Crippen molar-refractivity contribution in [3.63, 3.8) is 0 Å². The zero-order valence-corrected chi connectivity index (χ0v) is 13.0. The maximum atomic E-state index is 13.6. The Hall–Kier alpha value is -1.20. The summed E-state index contributed by atoms with van der Waals surface area (Å²) in [6, 6.07) is 6.78. The van der Waals surface area contributed by atoms with E-state index >= 15 is 0 Å². The number of benzene rings is 1. The third kappa shape index (κ3) is 4.38. The molecule has 0 aliphatic carbocycles. The van der Waals surface area contributed by atoms with E-state index in [0.29, 0.717) is 31.0 Å². The van der Waals surface area contributed by atoms with E-state index in [1.54, 1.807) is 16.4 Å². The van der Waals surface area contributed by atoms with Crippen LogP contribution in [-0.2, 0) is 16.4 Å². The molecule has 0 aromatic heterocycles. The first-order valence-electron chi connectivity index (χ1n) is 7.35. The van der Waals surface area contributed by atoms with Crippen LogP contribution in [0, 0.1) is 11.7 Å². The lowest BCUT2D eigenvalue weighted by Crippen LogP contribution is -2.40. The molecular formula is C16H22FNO2S. The molecule has 1 saturated heterocycles. The van der Waals surface area contributed by atoms with Crippen molar-refractivity contribution in [2.45, 2.75) is 25.7 Å². The van der Waals surface area contributed by atoms with Gasteiger partial charge in [0.25, 0.3) is 0 Å². The fourth-order valence-electron chi connectivity index (χ4n) is 2.83. The lowest BCUT2D eigenvalue weighted by atomic mass is 9.92. The number of rotatable bonds is 6. The van der Waals surface area contributed by atoms with E-state index in [9.17, 15) is 12.8 Å². The molecule has 1 aliphatic rings. The zero-order chi connectivity index (χ0) is 15.3. The fraction of sp³-hybridized carbons (Fsp3) is 0.500. The molecule has 21 heavy (non-hydrogen) atoms. The van der Waals surface area contributed by atoms with Gasteiger partial charge in [0.1, 0.15) is 5.82 Å². The van der Waals surface area contributed by atoms with Crippen LogP contribution in [-0.4, -0.2) is 31.6 Å². The van der Waals surface area contributed by atoms with Crippen LogP contribution in [0.4, 0.5) is 4.39 Å². The largest absolute Gasteiger partial charge is 0.217 e. The van der Waals surface area contributed by atoms with E-state index in [1.807, 2.05) is 6.07 Å². The van der Waals surface area contributed by atoms with E-state index in [1.165, 1.54) is 12.1 Å². The van der Waals surface area contributed by atoms with Gasteiger partial charge < -0.3 is 0 Å². The van der Waals surface area contributed by atoms with Crippen molar-refractivity contribution in [2.75, 3.05) is 18.8 Å². The van der Waals surface area contributed by atoms with Gasteiger partial charge in [-0.15, -0.1) is 6.58 Å². The van der Waals surface area contributed by atoms with Crippen LogP contribution in [0.2, 0.25) is 0 Å². The molecule has 0 amide bonds. The SMILES string of the molecule is C=CCS(=O)(=O)N1CCC[C@@H](CCc2ccccc2F)C1. The molecule has 1 aromatic rings. The average molecular weight is 311 g/mol. The molecule has 116 valence electrons. The van der Waals surface area contributed by atoms with Gasteiger partial charge in [-0.05, 0) is 43.2 Å².